The third kappa shape index (κ3) is 4.09. The van der Waals surface area contributed by atoms with E-state index >= 15 is 0 Å². The van der Waals surface area contributed by atoms with E-state index in [4.69, 9.17) is 9.05 Å². The standard InChI is InChI=1S/C28H19O4P.Na/c29-33(30,31-27-17-19-9-1-3-11-21(19)23-13-5-7-15-25(23)27)32-28-18-20-10-2-4-12-22(20)24-14-6-8-16-26(24)28;/h1-18H,(H,29,30);/q;+1/p-1. The molecular weight excluding hydrogens is 454 g/mol. The SMILES string of the molecule is O=P([O-])(Oc1cc2ccccc2c2ccccc12)Oc1cc2ccccc2c2ccccc12.[Na+]. The van der Waals surface area contributed by atoms with Crippen LogP contribution in [0.2, 0.25) is 0 Å². The molecule has 0 radical (unpaired) electrons. The van der Waals surface area contributed by atoms with Crippen molar-refractivity contribution in [3.63, 3.8) is 0 Å². The average molecular weight is 472 g/mol. The molecule has 0 aliphatic rings. The van der Waals surface area contributed by atoms with Crippen molar-refractivity contribution in [2.24, 2.45) is 0 Å². The van der Waals surface area contributed by atoms with Crippen molar-refractivity contribution in [3.05, 3.63) is 109 Å². The fourth-order valence-corrected chi connectivity index (χ4v) is 5.27. The molecule has 0 heterocycles. The maximum Gasteiger partial charge on any atom is 1.00 e. The van der Waals surface area contributed by atoms with Crippen LogP contribution in [0.15, 0.2) is 109 Å². The Morgan fingerprint density at radius 3 is 1.24 bits per heavy atom. The van der Waals surface area contributed by atoms with Crippen LogP contribution in [0.1, 0.15) is 0 Å². The molecule has 0 saturated heterocycles. The first-order valence-electron chi connectivity index (χ1n) is 10.6. The fraction of sp³-hybridized carbons (Fsp3) is 0. The molecule has 0 aliphatic heterocycles. The van der Waals surface area contributed by atoms with E-state index < -0.39 is 7.82 Å². The number of phosphoric ester groups is 1. The number of phosphoric acid groups is 1. The second-order valence-corrected chi connectivity index (χ2v) is 9.17. The van der Waals surface area contributed by atoms with E-state index in [-0.39, 0.29) is 41.1 Å². The van der Waals surface area contributed by atoms with E-state index in [0.29, 0.717) is 10.8 Å². The maximum atomic E-state index is 13.1. The molecular formula is C28H18NaO4P. The molecule has 6 heteroatoms. The third-order valence-corrected chi connectivity index (χ3v) is 6.72. The van der Waals surface area contributed by atoms with Crippen molar-refractivity contribution in [1.82, 2.24) is 0 Å². The van der Waals surface area contributed by atoms with Gasteiger partial charge in [0.05, 0.1) is 0 Å². The summed E-state index contributed by atoms with van der Waals surface area (Å²) in [5.41, 5.74) is 0. The molecule has 160 valence electrons. The largest absolute Gasteiger partial charge is 1.00 e. The predicted molar refractivity (Wildman–Crippen MR) is 132 cm³/mol. The molecule has 0 amide bonds. The quantitative estimate of drug-likeness (QED) is 0.219. The molecule has 4 nitrogen and oxygen atoms in total. The van der Waals surface area contributed by atoms with Crippen LogP contribution in [0.5, 0.6) is 11.5 Å². The summed E-state index contributed by atoms with van der Waals surface area (Å²) in [7, 11) is -4.75. The summed E-state index contributed by atoms with van der Waals surface area (Å²) in [5, 5.41) is 7.09. The second kappa shape index (κ2) is 9.07. The van der Waals surface area contributed by atoms with Gasteiger partial charge in [-0.05, 0) is 44.5 Å². The Bertz CT molecular complexity index is 1610. The van der Waals surface area contributed by atoms with Crippen molar-refractivity contribution in [3.8, 4) is 11.5 Å². The maximum absolute atomic E-state index is 13.1. The van der Waals surface area contributed by atoms with Gasteiger partial charge in [0.2, 0.25) is 0 Å². The summed E-state index contributed by atoms with van der Waals surface area (Å²) >= 11 is 0. The van der Waals surface area contributed by atoms with Gasteiger partial charge in [0.1, 0.15) is 11.5 Å². The first kappa shape index (κ1) is 22.9. The van der Waals surface area contributed by atoms with Gasteiger partial charge in [-0.3, -0.25) is 0 Å². The van der Waals surface area contributed by atoms with E-state index in [1.165, 1.54) is 0 Å². The molecule has 0 spiro atoms. The number of fused-ring (bicyclic) bond motifs is 6. The van der Waals surface area contributed by atoms with Gasteiger partial charge in [0, 0.05) is 10.8 Å². The first-order valence-corrected chi connectivity index (χ1v) is 12.1. The average Bonchev–Trinajstić information content (AvgIpc) is 2.84. The van der Waals surface area contributed by atoms with Crippen molar-refractivity contribution >= 4 is 50.9 Å². The monoisotopic (exact) mass is 472 g/mol. The van der Waals surface area contributed by atoms with Crippen LogP contribution in [0.3, 0.4) is 0 Å². The molecule has 0 aromatic heterocycles. The molecule has 0 fully saturated rings. The normalized spacial score (nSPS) is 11.6. The van der Waals surface area contributed by atoms with Crippen molar-refractivity contribution < 1.29 is 48.1 Å². The number of benzene rings is 6. The summed E-state index contributed by atoms with van der Waals surface area (Å²) in [5.74, 6) is 0.487. The minimum absolute atomic E-state index is 0. The van der Waals surface area contributed by atoms with E-state index in [1.807, 2.05) is 97.1 Å². The molecule has 6 aromatic carbocycles. The number of hydrogen-bond acceptors (Lipinski definition) is 4. The van der Waals surface area contributed by atoms with Gasteiger partial charge in [0.15, 0.2) is 0 Å². The van der Waals surface area contributed by atoms with Gasteiger partial charge < -0.3 is 13.9 Å². The Kier molecular flexibility index (Phi) is 6.11. The Morgan fingerprint density at radius 1 is 0.500 bits per heavy atom. The minimum atomic E-state index is -4.75. The van der Waals surface area contributed by atoms with Crippen LogP contribution in [0.4, 0.5) is 0 Å². The van der Waals surface area contributed by atoms with E-state index in [2.05, 4.69) is 0 Å². The van der Waals surface area contributed by atoms with Crippen molar-refractivity contribution in [2.75, 3.05) is 0 Å². The van der Waals surface area contributed by atoms with Crippen LogP contribution >= 0.6 is 7.82 Å². The minimum Gasteiger partial charge on any atom is -0.736 e. The molecule has 0 aliphatic carbocycles. The second-order valence-electron chi connectivity index (χ2n) is 7.91. The van der Waals surface area contributed by atoms with Gasteiger partial charge >= 0.3 is 37.4 Å². The molecule has 34 heavy (non-hydrogen) atoms. The summed E-state index contributed by atoms with van der Waals surface area (Å²) in [6, 6.07) is 34.3. The summed E-state index contributed by atoms with van der Waals surface area (Å²) < 4.78 is 24.2. The first-order chi connectivity index (χ1) is 16.1. The summed E-state index contributed by atoms with van der Waals surface area (Å²) in [6.45, 7) is 0. The predicted octanol–water partition coefficient (Wildman–Crippen LogP) is 4.23. The van der Waals surface area contributed by atoms with Gasteiger partial charge in [-0.25, -0.2) is 4.57 Å². The van der Waals surface area contributed by atoms with E-state index in [0.717, 1.165) is 32.3 Å². The van der Waals surface area contributed by atoms with Crippen LogP contribution in [0, 0.1) is 0 Å². The van der Waals surface area contributed by atoms with Crippen molar-refractivity contribution in [1.29, 1.82) is 0 Å². The zero-order valence-corrected chi connectivity index (χ0v) is 21.4. The Balaban J connectivity index is 0.00000241. The summed E-state index contributed by atoms with van der Waals surface area (Å²) in [6.07, 6.45) is 0. The van der Waals surface area contributed by atoms with Crippen LogP contribution in [-0.4, -0.2) is 0 Å². The number of hydrogen-bond donors (Lipinski definition) is 0. The molecule has 0 atom stereocenters. The van der Waals surface area contributed by atoms with Crippen LogP contribution < -0.4 is 43.5 Å². The molecule has 0 bridgehead atoms. The van der Waals surface area contributed by atoms with Crippen molar-refractivity contribution in [2.45, 2.75) is 0 Å². The van der Waals surface area contributed by atoms with Gasteiger partial charge in [-0.2, -0.15) is 0 Å². The Hall–Kier alpha value is -2.85. The summed E-state index contributed by atoms with van der Waals surface area (Å²) in [4.78, 5) is 13.1. The molecule has 0 saturated carbocycles. The van der Waals surface area contributed by atoms with Crippen LogP contribution in [0.25, 0.3) is 43.1 Å². The van der Waals surface area contributed by atoms with E-state index in [9.17, 15) is 9.46 Å². The van der Waals surface area contributed by atoms with Gasteiger partial charge in [-0.1, -0.05) is 97.1 Å². The molecule has 6 rings (SSSR count). The van der Waals surface area contributed by atoms with Gasteiger partial charge in [0.25, 0.3) is 0 Å². The molecule has 0 unspecified atom stereocenters. The Labute approximate surface area is 218 Å². The zero-order chi connectivity index (χ0) is 22.4. The van der Waals surface area contributed by atoms with E-state index in [1.54, 1.807) is 12.1 Å². The topological polar surface area (TPSA) is 58.6 Å². The molecule has 0 N–H and O–H groups in total. The molecule has 6 aromatic rings. The number of rotatable bonds is 4. The Morgan fingerprint density at radius 2 is 0.824 bits per heavy atom. The third-order valence-electron chi connectivity index (χ3n) is 5.88. The zero-order valence-electron chi connectivity index (χ0n) is 18.5. The van der Waals surface area contributed by atoms with Crippen LogP contribution in [-0.2, 0) is 4.57 Å². The van der Waals surface area contributed by atoms with Gasteiger partial charge in [-0.15, -0.1) is 0 Å². The smallest absolute Gasteiger partial charge is 0.736 e. The fourth-order valence-electron chi connectivity index (χ4n) is 4.45.